The van der Waals surface area contributed by atoms with Crippen molar-refractivity contribution in [1.29, 1.82) is 0 Å². The minimum Gasteiger partial charge on any atom is -0.451 e. The summed E-state index contributed by atoms with van der Waals surface area (Å²) in [6, 6.07) is 17.9. The molecule has 0 aliphatic carbocycles. The summed E-state index contributed by atoms with van der Waals surface area (Å²) in [6.45, 7) is -0.234. The van der Waals surface area contributed by atoms with Crippen LogP contribution in [-0.2, 0) is 4.74 Å². The van der Waals surface area contributed by atoms with E-state index < -0.39 is 12.1 Å². The molecule has 2 aromatic carbocycles. The predicted molar refractivity (Wildman–Crippen MR) is 68.1 cm³/mol. The quantitative estimate of drug-likeness (QED) is 0.838. The molecule has 92 valence electrons. The molecule has 0 aliphatic heterocycles. The van der Waals surface area contributed by atoms with Crippen LogP contribution in [0, 0.1) is 0 Å². The van der Waals surface area contributed by atoms with Gasteiger partial charge >= 0.3 is 5.97 Å². The fraction of sp³-hybridized carbons (Fsp3) is 0.133. The standard InChI is InChI=1S/C15H14O3/c16-11-14(12-7-3-1-4-8-12)18-15(17)13-9-5-2-6-10-13/h1-10,14,16H,11H2/t14-/m0/s1. The second kappa shape index (κ2) is 5.98. The molecule has 0 aromatic heterocycles. The highest BCUT2D eigenvalue weighted by Gasteiger charge is 2.16. The van der Waals surface area contributed by atoms with Crippen LogP contribution in [0.2, 0.25) is 0 Å². The highest BCUT2D eigenvalue weighted by Crippen LogP contribution is 2.18. The minimum atomic E-state index is -0.626. The Morgan fingerprint density at radius 3 is 2.11 bits per heavy atom. The maximum Gasteiger partial charge on any atom is 0.338 e. The van der Waals surface area contributed by atoms with Crippen molar-refractivity contribution in [2.75, 3.05) is 6.61 Å². The number of benzene rings is 2. The average molecular weight is 242 g/mol. The number of carbonyl (C=O) groups is 1. The molecule has 0 amide bonds. The van der Waals surface area contributed by atoms with Crippen molar-refractivity contribution in [3.63, 3.8) is 0 Å². The summed E-state index contributed by atoms with van der Waals surface area (Å²) in [5.74, 6) is -0.432. The molecule has 2 aromatic rings. The summed E-state index contributed by atoms with van der Waals surface area (Å²) in [5, 5.41) is 9.30. The fourth-order valence-corrected chi connectivity index (χ4v) is 1.65. The third-order valence-electron chi connectivity index (χ3n) is 2.60. The molecular formula is C15H14O3. The lowest BCUT2D eigenvalue weighted by molar-refractivity contribution is 0.0133. The number of hydrogen-bond acceptors (Lipinski definition) is 3. The first-order valence-electron chi connectivity index (χ1n) is 5.73. The number of rotatable bonds is 4. The van der Waals surface area contributed by atoms with Gasteiger partial charge in [0, 0.05) is 0 Å². The molecule has 0 saturated carbocycles. The van der Waals surface area contributed by atoms with Gasteiger partial charge < -0.3 is 9.84 Å². The van der Waals surface area contributed by atoms with E-state index in [0.717, 1.165) is 5.56 Å². The first kappa shape index (κ1) is 12.3. The van der Waals surface area contributed by atoms with Gasteiger partial charge in [-0.05, 0) is 17.7 Å². The van der Waals surface area contributed by atoms with Crippen molar-refractivity contribution in [2.24, 2.45) is 0 Å². The molecule has 3 nitrogen and oxygen atoms in total. The highest BCUT2D eigenvalue weighted by atomic mass is 16.6. The Bertz CT molecular complexity index is 494. The summed E-state index contributed by atoms with van der Waals surface area (Å²) in [7, 11) is 0. The highest BCUT2D eigenvalue weighted by molar-refractivity contribution is 5.89. The van der Waals surface area contributed by atoms with Crippen molar-refractivity contribution in [2.45, 2.75) is 6.10 Å². The van der Waals surface area contributed by atoms with Crippen molar-refractivity contribution in [3.05, 3.63) is 71.8 Å². The second-order valence-corrected chi connectivity index (χ2v) is 3.85. The summed E-state index contributed by atoms with van der Waals surface area (Å²) in [6.07, 6.45) is -0.626. The van der Waals surface area contributed by atoms with Crippen LogP contribution in [0.3, 0.4) is 0 Å². The van der Waals surface area contributed by atoms with Crippen molar-refractivity contribution < 1.29 is 14.6 Å². The SMILES string of the molecule is O=C(O[C@@H](CO)c1ccccc1)c1ccccc1. The molecule has 2 rings (SSSR count). The van der Waals surface area contributed by atoms with Gasteiger partial charge in [-0.25, -0.2) is 4.79 Å². The lowest BCUT2D eigenvalue weighted by Crippen LogP contribution is -2.14. The van der Waals surface area contributed by atoms with Gasteiger partial charge in [-0.1, -0.05) is 48.5 Å². The van der Waals surface area contributed by atoms with Gasteiger partial charge in [0.1, 0.15) is 0 Å². The molecule has 1 atom stereocenters. The molecule has 0 radical (unpaired) electrons. The lowest BCUT2D eigenvalue weighted by Gasteiger charge is -2.15. The van der Waals surface area contributed by atoms with Crippen LogP contribution in [-0.4, -0.2) is 17.7 Å². The maximum absolute atomic E-state index is 11.9. The molecule has 0 heterocycles. The normalized spacial score (nSPS) is 11.8. The third kappa shape index (κ3) is 2.96. The number of ether oxygens (including phenoxy) is 1. The Labute approximate surface area is 106 Å². The number of aliphatic hydroxyl groups excluding tert-OH is 1. The van der Waals surface area contributed by atoms with E-state index >= 15 is 0 Å². The van der Waals surface area contributed by atoms with Gasteiger partial charge in [0.25, 0.3) is 0 Å². The van der Waals surface area contributed by atoms with E-state index in [9.17, 15) is 9.90 Å². The number of carbonyl (C=O) groups excluding carboxylic acids is 1. The van der Waals surface area contributed by atoms with Crippen LogP contribution in [0.1, 0.15) is 22.0 Å². The molecule has 18 heavy (non-hydrogen) atoms. The van der Waals surface area contributed by atoms with Gasteiger partial charge in [0.2, 0.25) is 0 Å². The van der Waals surface area contributed by atoms with E-state index in [1.165, 1.54) is 0 Å². The maximum atomic E-state index is 11.9. The fourth-order valence-electron chi connectivity index (χ4n) is 1.65. The van der Waals surface area contributed by atoms with E-state index in [4.69, 9.17) is 4.74 Å². The van der Waals surface area contributed by atoms with Crippen molar-refractivity contribution in [1.82, 2.24) is 0 Å². The first-order valence-corrected chi connectivity index (χ1v) is 5.73. The van der Waals surface area contributed by atoms with Crippen LogP contribution >= 0.6 is 0 Å². The van der Waals surface area contributed by atoms with E-state index in [1.54, 1.807) is 24.3 Å². The first-order chi connectivity index (χ1) is 8.81. The third-order valence-corrected chi connectivity index (χ3v) is 2.60. The molecule has 0 spiro atoms. The van der Waals surface area contributed by atoms with Gasteiger partial charge in [-0.2, -0.15) is 0 Å². The molecule has 0 unspecified atom stereocenters. The zero-order valence-corrected chi connectivity index (χ0v) is 9.82. The van der Waals surface area contributed by atoms with Gasteiger partial charge in [-0.3, -0.25) is 0 Å². The van der Waals surface area contributed by atoms with E-state index in [-0.39, 0.29) is 6.61 Å². The summed E-state index contributed by atoms with van der Waals surface area (Å²) in [5.41, 5.74) is 1.26. The number of aliphatic hydroxyl groups is 1. The largest absolute Gasteiger partial charge is 0.451 e. The summed E-state index contributed by atoms with van der Waals surface area (Å²) in [4.78, 5) is 11.9. The zero-order valence-electron chi connectivity index (χ0n) is 9.82. The van der Waals surface area contributed by atoms with Crippen LogP contribution < -0.4 is 0 Å². The zero-order chi connectivity index (χ0) is 12.8. The average Bonchev–Trinajstić information content (AvgIpc) is 2.46. The Hall–Kier alpha value is -2.13. The molecule has 1 N–H and O–H groups in total. The predicted octanol–water partition coefficient (Wildman–Crippen LogP) is 2.58. The minimum absolute atomic E-state index is 0.234. The Morgan fingerprint density at radius 1 is 1.00 bits per heavy atom. The molecule has 0 saturated heterocycles. The smallest absolute Gasteiger partial charge is 0.338 e. The summed E-state index contributed by atoms with van der Waals surface area (Å²) < 4.78 is 5.28. The Morgan fingerprint density at radius 2 is 1.56 bits per heavy atom. The van der Waals surface area contributed by atoms with Crippen LogP contribution in [0.15, 0.2) is 60.7 Å². The van der Waals surface area contributed by atoms with E-state index in [2.05, 4.69) is 0 Å². The molecule has 0 fully saturated rings. The lowest BCUT2D eigenvalue weighted by atomic mass is 10.1. The van der Waals surface area contributed by atoms with Crippen molar-refractivity contribution >= 4 is 5.97 Å². The van der Waals surface area contributed by atoms with E-state index in [1.807, 2.05) is 36.4 Å². The Balaban J connectivity index is 2.10. The van der Waals surface area contributed by atoms with E-state index in [0.29, 0.717) is 5.56 Å². The topological polar surface area (TPSA) is 46.5 Å². The van der Waals surface area contributed by atoms with Gasteiger partial charge in [-0.15, -0.1) is 0 Å². The second-order valence-electron chi connectivity index (χ2n) is 3.85. The van der Waals surface area contributed by atoms with Crippen LogP contribution in [0.25, 0.3) is 0 Å². The van der Waals surface area contributed by atoms with Crippen LogP contribution in [0.5, 0.6) is 0 Å². The van der Waals surface area contributed by atoms with Gasteiger partial charge in [0.05, 0.1) is 12.2 Å². The van der Waals surface area contributed by atoms with Gasteiger partial charge in [0.15, 0.2) is 6.10 Å². The van der Waals surface area contributed by atoms with Crippen molar-refractivity contribution in [3.8, 4) is 0 Å². The monoisotopic (exact) mass is 242 g/mol. The Kier molecular flexibility index (Phi) is 4.10. The van der Waals surface area contributed by atoms with Crippen LogP contribution in [0.4, 0.5) is 0 Å². The number of hydrogen-bond donors (Lipinski definition) is 1. The molecular weight excluding hydrogens is 228 g/mol. The number of esters is 1. The summed E-state index contributed by atoms with van der Waals surface area (Å²) >= 11 is 0. The molecule has 3 heteroatoms. The molecule has 0 aliphatic rings. The molecule has 0 bridgehead atoms.